The van der Waals surface area contributed by atoms with Crippen LogP contribution in [0.25, 0.3) is 0 Å². The average molecular weight is 308 g/mol. The lowest BCUT2D eigenvalue weighted by atomic mass is 9.93. The van der Waals surface area contributed by atoms with E-state index in [2.05, 4.69) is 11.9 Å². The predicted molar refractivity (Wildman–Crippen MR) is 91.6 cm³/mol. The fraction of sp³-hybridized carbons (Fsp3) is 0.211. The number of fused-ring (bicyclic) bond motifs is 1. The molecule has 1 amide bonds. The lowest BCUT2D eigenvalue weighted by Gasteiger charge is -2.46. The largest absolute Gasteiger partial charge is 0.496 e. The Bertz CT molecular complexity index is 757. The second-order valence-electron chi connectivity index (χ2n) is 5.65. The lowest BCUT2D eigenvalue weighted by molar-refractivity contribution is 0.0568. The summed E-state index contributed by atoms with van der Waals surface area (Å²) in [6, 6.07) is 15.3. The molecule has 2 aromatic rings. The van der Waals surface area contributed by atoms with Crippen molar-refractivity contribution in [2.24, 2.45) is 0 Å². The van der Waals surface area contributed by atoms with E-state index in [4.69, 9.17) is 4.74 Å². The van der Waals surface area contributed by atoms with Gasteiger partial charge in [-0.15, -0.1) is 6.58 Å². The van der Waals surface area contributed by atoms with Gasteiger partial charge in [0.2, 0.25) is 0 Å². The average Bonchev–Trinajstić information content (AvgIpc) is 2.58. The summed E-state index contributed by atoms with van der Waals surface area (Å²) in [6.07, 6.45) is 1.74. The molecule has 0 aliphatic carbocycles. The predicted octanol–water partition coefficient (Wildman–Crippen LogP) is 3.62. The number of nitrogens with zero attached hydrogens (tertiary/aromatic N) is 1. The van der Waals surface area contributed by atoms with Gasteiger partial charge in [-0.25, -0.2) is 0 Å². The molecule has 4 heteroatoms. The first-order chi connectivity index (χ1) is 11.1. The summed E-state index contributed by atoms with van der Waals surface area (Å²) in [4.78, 5) is 14.8. The first kappa shape index (κ1) is 15.2. The number of ether oxygens (including phenoxy) is 1. The van der Waals surface area contributed by atoms with E-state index in [0.29, 0.717) is 12.1 Å². The smallest absolute Gasteiger partial charge is 0.258 e. The summed E-state index contributed by atoms with van der Waals surface area (Å²) in [5.41, 5.74) is 1.69. The molecule has 0 saturated heterocycles. The van der Waals surface area contributed by atoms with Gasteiger partial charge in [0.15, 0.2) is 0 Å². The highest BCUT2D eigenvalue weighted by molar-refractivity contribution is 6.02. The Labute approximate surface area is 136 Å². The fourth-order valence-corrected chi connectivity index (χ4v) is 3.11. The van der Waals surface area contributed by atoms with Crippen LogP contribution in [-0.4, -0.2) is 24.5 Å². The van der Waals surface area contributed by atoms with Crippen LogP contribution < -0.4 is 10.1 Å². The Morgan fingerprint density at radius 2 is 1.91 bits per heavy atom. The van der Waals surface area contributed by atoms with Crippen molar-refractivity contribution >= 4 is 11.6 Å². The highest BCUT2D eigenvalue weighted by Gasteiger charge is 2.43. The third-order valence-corrected chi connectivity index (χ3v) is 4.26. The molecule has 1 atom stereocenters. The molecule has 4 nitrogen and oxygen atoms in total. The van der Waals surface area contributed by atoms with Gasteiger partial charge >= 0.3 is 0 Å². The van der Waals surface area contributed by atoms with Gasteiger partial charge in [-0.2, -0.15) is 0 Å². The molecular weight excluding hydrogens is 288 g/mol. The van der Waals surface area contributed by atoms with Gasteiger partial charge in [-0.05, 0) is 25.1 Å². The van der Waals surface area contributed by atoms with Crippen molar-refractivity contribution in [1.82, 2.24) is 4.90 Å². The molecule has 23 heavy (non-hydrogen) atoms. The van der Waals surface area contributed by atoms with Crippen LogP contribution in [0.15, 0.2) is 61.2 Å². The maximum absolute atomic E-state index is 13.0. The molecular formula is C19H20N2O2. The van der Waals surface area contributed by atoms with Gasteiger partial charge in [0, 0.05) is 17.8 Å². The summed E-state index contributed by atoms with van der Waals surface area (Å²) in [5, 5.41) is 3.51. The maximum Gasteiger partial charge on any atom is 0.258 e. The van der Waals surface area contributed by atoms with Crippen molar-refractivity contribution in [3.63, 3.8) is 0 Å². The molecule has 0 spiro atoms. The Hall–Kier alpha value is -2.75. The second-order valence-corrected chi connectivity index (χ2v) is 5.65. The zero-order chi connectivity index (χ0) is 16.4. The van der Waals surface area contributed by atoms with E-state index in [1.165, 1.54) is 0 Å². The van der Waals surface area contributed by atoms with E-state index in [9.17, 15) is 4.79 Å². The van der Waals surface area contributed by atoms with Crippen molar-refractivity contribution in [1.29, 1.82) is 0 Å². The molecule has 0 fully saturated rings. The lowest BCUT2D eigenvalue weighted by Crippen LogP contribution is -2.55. The number of nitrogens with one attached hydrogen (secondary N) is 1. The van der Waals surface area contributed by atoms with Crippen LogP contribution in [0.1, 0.15) is 22.8 Å². The van der Waals surface area contributed by atoms with Crippen LogP contribution in [0.5, 0.6) is 5.75 Å². The number of amides is 1. The highest BCUT2D eigenvalue weighted by Crippen LogP contribution is 2.40. The van der Waals surface area contributed by atoms with Crippen LogP contribution in [0.4, 0.5) is 5.69 Å². The van der Waals surface area contributed by atoms with Crippen molar-refractivity contribution in [2.45, 2.75) is 12.6 Å². The number of methoxy groups -OCH3 is 1. The van der Waals surface area contributed by atoms with Gasteiger partial charge < -0.3 is 15.0 Å². The van der Waals surface area contributed by atoms with Gasteiger partial charge in [-0.1, -0.05) is 36.4 Å². The van der Waals surface area contributed by atoms with E-state index >= 15 is 0 Å². The monoisotopic (exact) mass is 308 g/mol. The quantitative estimate of drug-likeness (QED) is 0.877. The highest BCUT2D eigenvalue weighted by atomic mass is 16.5. The zero-order valence-corrected chi connectivity index (χ0v) is 13.4. The Morgan fingerprint density at radius 3 is 2.65 bits per heavy atom. The Balaban J connectivity index is 2.19. The molecule has 0 aromatic heterocycles. The van der Waals surface area contributed by atoms with Gasteiger partial charge in [-0.3, -0.25) is 4.79 Å². The van der Waals surface area contributed by atoms with Crippen molar-refractivity contribution in [2.75, 3.05) is 19.0 Å². The molecule has 1 aliphatic heterocycles. The van der Waals surface area contributed by atoms with E-state index in [0.717, 1.165) is 17.0 Å². The minimum absolute atomic E-state index is 0.0207. The van der Waals surface area contributed by atoms with Crippen LogP contribution in [0, 0.1) is 0 Å². The van der Waals surface area contributed by atoms with Gasteiger partial charge in [0.25, 0.3) is 5.91 Å². The zero-order valence-electron chi connectivity index (χ0n) is 13.4. The Kier molecular flexibility index (Phi) is 3.82. The summed E-state index contributed by atoms with van der Waals surface area (Å²) in [6.45, 7) is 6.22. The fourth-order valence-electron chi connectivity index (χ4n) is 3.11. The SMILES string of the molecule is C=CCN1C(=O)c2ccccc2NC1(C)c1ccccc1OC. The molecule has 118 valence electrons. The topological polar surface area (TPSA) is 41.6 Å². The van der Waals surface area contributed by atoms with Gasteiger partial charge in [0.1, 0.15) is 11.4 Å². The van der Waals surface area contributed by atoms with Crippen molar-refractivity contribution < 1.29 is 9.53 Å². The van der Waals surface area contributed by atoms with Crippen LogP contribution in [0.3, 0.4) is 0 Å². The summed E-state index contributed by atoms with van der Waals surface area (Å²) < 4.78 is 5.51. The molecule has 3 rings (SSSR count). The normalized spacial score (nSPS) is 19.7. The minimum atomic E-state index is -0.716. The number of carbonyl (C=O) groups excluding carboxylic acids is 1. The molecule has 1 unspecified atom stereocenters. The van der Waals surface area contributed by atoms with E-state index in [1.54, 1.807) is 18.1 Å². The molecule has 1 aliphatic rings. The summed E-state index contributed by atoms with van der Waals surface area (Å²) in [5.74, 6) is 0.719. The number of benzene rings is 2. The maximum atomic E-state index is 13.0. The molecule has 2 aromatic carbocycles. The van der Waals surface area contributed by atoms with E-state index < -0.39 is 5.66 Å². The number of hydrogen-bond acceptors (Lipinski definition) is 3. The minimum Gasteiger partial charge on any atom is -0.496 e. The third-order valence-electron chi connectivity index (χ3n) is 4.26. The second kappa shape index (κ2) is 5.80. The van der Waals surface area contributed by atoms with Crippen LogP contribution >= 0.6 is 0 Å². The van der Waals surface area contributed by atoms with Crippen molar-refractivity contribution in [3.8, 4) is 5.75 Å². The molecule has 0 radical (unpaired) electrons. The molecule has 1 heterocycles. The van der Waals surface area contributed by atoms with E-state index in [-0.39, 0.29) is 5.91 Å². The van der Waals surface area contributed by atoms with Crippen LogP contribution in [0.2, 0.25) is 0 Å². The number of anilines is 1. The number of rotatable bonds is 4. The standard InChI is InChI=1S/C19H20N2O2/c1-4-13-21-18(22)14-9-5-7-11-16(14)20-19(21,2)15-10-6-8-12-17(15)23-3/h4-12,20H,1,13H2,2-3H3. The molecule has 1 N–H and O–H groups in total. The summed E-state index contributed by atoms with van der Waals surface area (Å²) >= 11 is 0. The van der Waals surface area contributed by atoms with Gasteiger partial charge in [0.05, 0.1) is 12.7 Å². The van der Waals surface area contributed by atoms with E-state index in [1.807, 2.05) is 55.5 Å². The molecule has 0 bridgehead atoms. The molecule has 0 saturated carbocycles. The number of carbonyl (C=O) groups is 1. The Morgan fingerprint density at radius 1 is 1.22 bits per heavy atom. The first-order valence-electron chi connectivity index (χ1n) is 7.55. The number of para-hydroxylation sites is 2. The third kappa shape index (κ3) is 2.36. The summed E-state index contributed by atoms with van der Waals surface area (Å²) in [7, 11) is 1.64. The van der Waals surface area contributed by atoms with Crippen LogP contribution in [-0.2, 0) is 5.66 Å². The van der Waals surface area contributed by atoms with Crippen molar-refractivity contribution in [3.05, 3.63) is 72.3 Å². The number of hydrogen-bond donors (Lipinski definition) is 1. The first-order valence-corrected chi connectivity index (χ1v) is 7.55.